The van der Waals surface area contributed by atoms with Crippen LogP contribution in [-0.2, 0) is 4.79 Å². The molecule has 0 spiro atoms. The van der Waals surface area contributed by atoms with Crippen molar-refractivity contribution in [3.8, 4) is 0 Å². The fourth-order valence-electron chi connectivity index (χ4n) is 2.83. The third-order valence-electron chi connectivity index (χ3n) is 4.25. The van der Waals surface area contributed by atoms with Gasteiger partial charge in [-0.25, -0.2) is 0 Å². The SMILES string of the molecule is C[N+](C)(C)CCCCCCCCCCCCCCCC(N)=O. The summed E-state index contributed by atoms with van der Waals surface area (Å²) in [5.41, 5.74) is 5.12. The Labute approximate surface area is 139 Å². The van der Waals surface area contributed by atoms with Crippen LogP contribution in [0.4, 0.5) is 0 Å². The van der Waals surface area contributed by atoms with Gasteiger partial charge in [-0.1, -0.05) is 64.2 Å². The molecule has 22 heavy (non-hydrogen) atoms. The lowest BCUT2D eigenvalue weighted by molar-refractivity contribution is -0.870. The van der Waals surface area contributed by atoms with E-state index in [1.807, 2.05) is 0 Å². The van der Waals surface area contributed by atoms with Crippen LogP contribution in [0, 0.1) is 0 Å². The van der Waals surface area contributed by atoms with Crippen molar-refractivity contribution in [1.29, 1.82) is 0 Å². The Morgan fingerprint density at radius 2 is 0.955 bits per heavy atom. The first kappa shape index (κ1) is 21.4. The average molecular weight is 314 g/mol. The van der Waals surface area contributed by atoms with Crippen molar-refractivity contribution in [3.05, 3.63) is 0 Å². The maximum absolute atomic E-state index is 10.6. The number of primary amides is 1. The number of hydrogen-bond acceptors (Lipinski definition) is 1. The Morgan fingerprint density at radius 3 is 1.27 bits per heavy atom. The minimum Gasteiger partial charge on any atom is -0.370 e. The fraction of sp³-hybridized carbons (Fsp3) is 0.947. The summed E-state index contributed by atoms with van der Waals surface area (Å²) in [6.45, 7) is 1.31. The monoisotopic (exact) mass is 313 g/mol. The van der Waals surface area contributed by atoms with Gasteiger partial charge in [-0.05, 0) is 19.3 Å². The third kappa shape index (κ3) is 19.4. The number of nitrogens with zero attached hydrogens (tertiary/aromatic N) is 1. The highest BCUT2D eigenvalue weighted by molar-refractivity contribution is 5.73. The lowest BCUT2D eigenvalue weighted by Crippen LogP contribution is -2.35. The molecular formula is C19H41N2O+. The van der Waals surface area contributed by atoms with Crippen LogP contribution in [0.25, 0.3) is 0 Å². The predicted octanol–water partition coefficient (Wildman–Crippen LogP) is 4.64. The normalized spacial score (nSPS) is 11.8. The summed E-state index contributed by atoms with van der Waals surface area (Å²) < 4.78 is 1.10. The van der Waals surface area contributed by atoms with Crippen LogP contribution < -0.4 is 5.73 Å². The van der Waals surface area contributed by atoms with Crippen molar-refractivity contribution in [1.82, 2.24) is 0 Å². The molecule has 0 aromatic carbocycles. The Hall–Kier alpha value is -0.570. The first-order valence-corrected chi connectivity index (χ1v) is 9.50. The number of quaternary nitrogens is 1. The van der Waals surface area contributed by atoms with Crippen molar-refractivity contribution in [2.24, 2.45) is 5.73 Å². The molecule has 0 saturated heterocycles. The van der Waals surface area contributed by atoms with E-state index in [1.165, 1.54) is 77.2 Å². The van der Waals surface area contributed by atoms with Crippen LogP contribution >= 0.6 is 0 Å². The topological polar surface area (TPSA) is 43.1 Å². The number of amides is 1. The number of rotatable bonds is 16. The van der Waals surface area contributed by atoms with Crippen LogP contribution in [0.15, 0.2) is 0 Å². The second kappa shape index (κ2) is 14.0. The summed E-state index contributed by atoms with van der Waals surface area (Å²) in [5.74, 6) is -0.155. The van der Waals surface area contributed by atoms with E-state index in [1.54, 1.807) is 0 Å². The molecule has 0 aliphatic carbocycles. The molecule has 0 saturated carbocycles. The molecule has 1 amide bonds. The van der Waals surface area contributed by atoms with E-state index in [0.29, 0.717) is 6.42 Å². The average Bonchev–Trinajstić information content (AvgIpc) is 2.41. The van der Waals surface area contributed by atoms with Gasteiger partial charge in [0.15, 0.2) is 0 Å². The van der Waals surface area contributed by atoms with Crippen LogP contribution in [0.1, 0.15) is 89.9 Å². The van der Waals surface area contributed by atoms with E-state index in [9.17, 15) is 4.79 Å². The number of unbranched alkanes of at least 4 members (excludes halogenated alkanes) is 12. The van der Waals surface area contributed by atoms with Gasteiger partial charge in [0.25, 0.3) is 0 Å². The second-order valence-electron chi connectivity index (χ2n) is 7.83. The maximum atomic E-state index is 10.6. The highest BCUT2D eigenvalue weighted by Gasteiger charge is 2.04. The molecule has 0 radical (unpaired) electrons. The van der Waals surface area contributed by atoms with Crippen molar-refractivity contribution in [2.75, 3.05) is 27.7 Å². The van der Waals surface area contributed by atoms with E-state index in [-0.39, 0.29) is 5.91 Å². The van der Waals surface area contributed by atoms with Gasteiger partial charge in [0.2, 0.25) is 5.91 Å². The Balaban J connectivity index is 3.04. The first-order valence-electron chi connectivity index (χ1n) is 9.50. The highest BCUT2D eigenvalue weighted by Crippen LogP contribution is 2.13. The zero-order valence-corrected chi connectivity index (χ0v) is 15.5. The quantitative estimate of drug-likeness (QED) is 0.327. The molecule has 0 aromatic rings. The highest BCUT2D eigenvalue weighted by atomic mass is 16.1. The molecule has 0 bridgehead atoms. The number of carbonyl (C=O) groups excluding carboxylic acids is 1. The number of nitrogens with two attached hydrogens (primary N) is 1. The Morgan fingerprint density at radius 1 is 0.636 bits per heavy atom. The summed E-state index contributed by atoms with van der Waals surface area (Å²) in [5, 5.41) is 0. The molecule has 3 heteroatoms. The van der Waals surface area contributed by atoms with Crippen LogP contribution in [-0.4, -0.2) is 38.1 Å². The minimum atomic E-state index is -0.155. The van der Waals surface area contributed by atoms with Crippen LogP contribution in [0.5, 0.6) is 0 Å². The zero-order valence-electron chi connectivity index (χ0n) is 15.5. The molecule has 0 aliphatic heterocycles. The van der Waals surface area contributed by atoms with Gasteiger partial charge in [0.05, 0.1) is 27.7 Å². The third-order valence-corrected chi connectivity index (χ3v) is 4.25. The van der Waals surface area contributed by atoms with E-state index < -0.39 is 0 Å². The second-order valence-corrected chi connectivity index (χ2v) is 7.83. The lowest BCUT2D eigenvalue weighted by Gasteiger charge is -2.23. The molecule has 2 N–H and O–H groups in total. The molecule has 0 aromatic heterocycles. The smallest absolute Gasteiger partial charge is 0.217 e. The summed E-state index contributed by atoms with van der Waals surface area (Å²) in [6.07, 6.45) is 17.9. The summed E-state index contributed by atoms with van der Waals surface area (Å²) in [4.78, 5) is 10.6. The van der Waals surface area contributed by atoms with Crippen molar-refractivity contribution < 1.29 is 9.28 Å². The Kier molecular flexibility index (Phi) is 13.7. The predicted molar refractivity (Wildman–Crippen MR) is 96.7 cm³/mol. The standard InChI is InChI=1S/C19H40N2O/c1-21(2,3)18-16-14-12-10-8-6-4-5-7-9-11-13-15-17-19(20)22/h4-18H2,1-3H3,(H-,20,22)/p+1. The van der Waals surface area contributed by atoms with Crippen LogP contribution in [0.2, 0.25) is 0 Å². The summed E-state index contributed by atoms with van der Waals surface area (Å²) in [6, 6.07) is 0. The van der Waals surface area contributed by atoms with Gasteiger partial charge in [-0.3, -0.25) is 4.79 Å². The van der Waals surface area contributed by atoms with Crippen molar-refractivity contribution in [3.63, 3.8) is 0 Å². The van der Waals surface area contributed by atoms with Crippen molar-refractivity contribution >= 4 is 5.91 Å². The van der Waals surface area contributed by atoms with E-state index in [4.69, 9.17) is 5.73 Å². The Bertz CT molecular complexity index is 259. The summed E-state index contributed by atoms with van der Waals surface area (Å²) >= 11 is 0. The van der Waals surface area contributed by atoms with E-state index >= 15 is 0 Å². The van der Waals surface area contributed by atoms with Gasteiger partial charge in [-0.15, -0.1) is 0 Å². The fourth-order valence-corrected chi connectivity index (χ4v) is 2.83. The van der Waals surface area contributed by atoms with Gasteiger partial charge in [0, 0.05) is 6.42 Å². The molecule has 0 rings (SSSR count). The number of carbonyl (C=O) groups is 1. The largest absolute Gasteiger partial charge is 0.370 e. The van der Waals surface area contributed by atoms with Gasteiger partial charge in [0.1, 0.15) is 0 Å². The van der Waals surface area contributed by atoms with Gasteiger partial charge in [-0.2, -0.15) is 0 Å². The van der Waals surface area contributed by atoms with Gasteiger partial charge >= 0.3 is 0 Å². The molecule has 0 fully saturated rings. The van der Waals surface area contributed by atoms with Crippen LogP contribution in [0.3, 0.4) is 0 Å². The molecular weight excluding hydrogens is 272 g/mol. The lowest BCUT2D eigenvalue weighted by atomic mass is 10.0. The zero-order chi connectivity index (χ0) is 16.7. The molecule has 0 aliphatic rings. The van der Waals surface area contributed by atoms with E-state index in [2.05, 4.69) is 21.1 Å². The molecule has 3 nitrogen and oxygen atoms in total. The molecule has 132 valence electrons. The van der Waals surface area contributed by atoms with Gasteiger partial charge < -0.3 is 10.2 Å². The molecule has 0 heterocycles. The molecule has 0 unspecified atom stereocenters. The first-order chi connectivity index (χ1) is 10.4. The maximum Gasteiger partial charge on any atom is 0.217 e. The number of hydrogen-bond donors (Lipinski definition) is 1. The molecule has 0 atom stereocenters. The minimum absolute atomic E-state index is 0.155. The van der Waals surface area contributed by atoms with E-state index in [0.717, 1.165) is 17.3 Å². The van der Waals surface area contributed by atoms with Crippen molar-refractivity contribution in [2.45, 2.75) is 89.9 Å². The summed E-state index contributed by atoms with van der Waals surface area (Å²) in [7, 11) is 6.83.